The number of ether oxygens (including phenoxy) is 1. The van der Waals surface area contributed by atoms with Gasteiger partial charge in [-0.25, -0.2) is 0 Å². The number of benzene rings is 1. The first-order chi connectivity index (χ1) is 7.61. The second-order valence-electron chi connectivity index (χ2n) is 3.33. The molecule has 0 N–H and O–H groups in total. The fourth-order valence-electron chi connectivity index (χ4n) is 1.45. The van der Waals surface area contributed by atoms with Gasteiger partial charge >= 0.3 is 5.97 Å². The predicted molar refractivity (Wildman–Crippen MR) is 64.3 cm³/mol. The van der Waals surface area contributed by atoms with E-state index in [2.05, 4.69) is 20.7 Å². The summed E-state index contributed by atoms with van der Waals surface area (Å²) in [6.45, 7) is 1.79. The van der Waals surface area contributed by atoms with E-state index >= 15 is 0 Å². The van der Waals surface area contributed by atoms with Crippen molar-refractivity contribution in [3.8, 4) is 0 Å². The molecule has 0 aliphatic heterocycles. The zero-order valence-corrected chi connectivity index (χ0v) is 10.8. The molecule has 0 spiro atoms. The Balaban J connectivity index is 3.01. The number of carbonyl (C=O) groups is 2. The second kappa shape index (κ2) is 5.80. The number of hydrogen-bond acceptors (Lipinski definition) is 3. The van der Waals surface area contributed by atoms with Crippen LogP contribution in [0.4, 0.5) is 0 Å². The summed E-state index contributed by atoms with van der Waals surface area (Å²) in [5, 5.41) is 0. The van der Waals surface area contributed by atoms with Crippen LogP contribution >= 0.6 is 15.9 Å². The van der Waals surface area contributed by atoms with Crippen LogP contribution < -0.4 is 0 Å². The van der Waals surface area contributed by atoms with Crippen LogP contribution in [0.3, 0.4) is 0 Å². The molecule has 16 heavy (non-hydrogen) atoms. The molecule has 0 heterocycles. The summed E-state index contributed by atoms with van der Waals surface area (Å²) >= 11 is 3.29. The van der Waals surface area contributed by atoms with E-state index in [0.29, 0.717) is 16.5 Å². The smallest absolute Gasteiger partial charge is 0.316 e. The first-order valence-corrected chi connectivity index (χ1v) is 5.77. The maximum atomic E-state index is 12.1. The lowest BCUT2D eigenvalue weighted by molar-refractivity contribution is -0.143. The standard InChI is InChI=1S/C12H13BrO3/c1-3-8(12(15)16-2)11(14)9-6-4-5-7-10(9)13/h4-8H,3H2,1-2H3. The van der Waals surface area contributed by atoms with Crippen LogP contribution in [-0.2, 0) is 9.53 Å². The van der Waals surface area contributed by atoms with Crippen molar-refractivity contribution < 1.29 is 14.3 Å². The molecule has 0 fully saturated rings. The summed E-state index contributed by atoms with van der Waals surface area (Å²) < 4.78 is 5.31. The third-order valence-electron chi connectivity index (χ3n) is 2.35. The van der Waals surface area contributed by atoms with Gasteiger partial charge in [0.25, 0.3) is 0 Å². The summed E-state index contributed by atoms with van der Waals surface area (Å²) in [6, 6.07) is 7.05. The largest absolute Gasteiger partial charge is 0.468 e. The van der Waals surface area contributed by atoms with Gasteiger partial charge in [0, 0.05) is 10.0 Å². The Morgan fingerprint density at radius 1 is 1.38 bits per heavy atom. The average molecular weight is 285 g/mol. The molecule has 1 aromatic carbocycles. The highest BCUT2D eigenvalue weighted by Gasteiger charge is 2.27. The highest BCUT2D eigenvalue weighted by Crippen LogP contribution is 2.21. The molecule has 0 radical (unpaired) electrons. The van der Waals surface area contributed by atoms with Crippen molar-refractivity contribution in [2.45, 2.75) is 13.3 Å². The Hall–Kier alpha value is -1.16. The number of halogens is 1. The molecule has 1 atom stereocenters. The lowest BCUT2D eigenvalue weighted by Gasteiger charge is -2.12. The van der Waals surface area contributed by atoms with E-state index in [1.54, 1.807) is 25.1 Å². The van der Waals surface area contributed by atoms with Crippen molar-refractivity contribution in [1.29, 1.82) is 0 Å². The van der Waals surface area contributed by atoms with E-state index in [9.17, 15) is 9.59 Å². The Bertz CT molecular complexity index is 401. The molecule has 1 rings (SSSR count). The Kier molecular flexibility index (Phi) is 4.68. The fraction of sp³-hybridized carbons (Fsp3) is 0.333. The maximum absolute atomic E-state index is 12.1. The lowest BCUT2D eigenvalue weighted by atomic mass is 9.95. The van der Waals surface area contributed by atoms with Crippen molar-refractivity contribution in [1.82, 2.24) is 0 Å². The number of carbonyl (C=O) groups excluding carboxylic acids is 2. The number of ketones is 1. The van der Waals surface area contributed by atoms with E-state index in [-0.39, 0.29) is 5.78 Å². The van der Waals surface area contributed by atoms with Gasteiger partial charge in [-0.1, -0.05) is 41.1 Å². The van der Waals surface area contributed by atoms with Crippen LogP contribution in [-0.4, -0.2) is 18.9 Å². The Morgan fingerprint density at radius 3 is 2.50 bits per heavy atom. The van der Waals surface area contributed by atoms with Crippen LogP contribution in [0.25, 0.3) is 0 Å². The molecule has 0 saturated heterocycles. The number of Topliss-reactive ketones (excluding diaryl/α,β-unsaturated/α-hetero) is 1. The van der Waals surface area contributed by atoms with E-state index in [0.717, 1.165) is 0 Å². The van der Waals surface area contributed by atoms with Gasteiger partial charge in [0.2, 0.25) is 0 Å². The minimum Gasteiger partial charge on any atom is -0.468 e. The molecule has 1 aromatic rings. The van der Waals surface area contributed by atoms with Gasteiger partial charge in [-0.3, -0.25) is 9.59 Å². The Morgan fingerprint density at radius 2 is 2.00 bits per heavy atom. The molecule has 86 valence electrons. The molecule has 0 aliphatic carbocycles. The topological polar surface area (TPSA) is 43.4 Å². The van der Waals surface area contributed by atoms with Crippen molar-refractivity contribution in [3.05, 3.63) is 34.3 Å². The predicted octanol–water partition coefficient (Wildman–Crippen LogP) is 2.83. The monoisotopic (exact) mass is 284 g/mol. The van der Waals surface area contributed by atoms with Gasteiger partial charge in [-0.15, -0.1) is 0 Å². The Labute approximate surface area is 103 Å². The van der Waals surface area contributed by atoms with Crippen molar-refractivity contribution in [2.24, 2.45) is 5.92 Å². The second-order valence-corrected chi connectivity index (χ2v) is 4.18. The molecule has 0 bridgehead atoms. The van der Waals surface area contributed by atoms with Crippen LogP contribution in [0, 0.1) is 5.92 Å². The third-order valence-corrected chi connectivity index (χ3v) is 3.04. The zero-order chi connectivity index (χ0) is 12.1. The summed E-state index contributed by atoms with van der Waals surface area (Å²) in [6.07, 6.45) is 0.437. The average Bonchev–Trinajstić information content (AvgIpc) is 2.30. The summed E-state index contributed by atoms with van der Waals surface area (Å²) in [5.41, 5.74) is 0.514. The van der Waals surface area contributed by atoms with Gasteiger partial charge in [-0.2, -0.15) is 0 Å². The van der Waals surface area contributed by atoms with Gasteiger partial charge in [0.05, 0.1) is 7.11 Å². The molecule has 0 aromatic heterocycles. The molecule has 0 amide bonds. The van der Waals surface area contributed by atoms with E-state index in [4.69, 9.17) is 0 Å². The van der Waals surface area contributed by atoms with Gasteiger partial charge in [-0.05, 0) is 12.5 Å². The van der Waals surface area contributed by atoms with Gasteiger partial charge < -0.3 is 4.74 Å². The van der Waals surface area contributed by atoms with Gasteiger partial charge in [0.1, 0.15) is 5.92 Å². The number of rotatable bonds is 4. The van der Waals surface area contributed by atoms with Crippen molar-refractivity contribution >= 4 is 27.7 Å². The first-order valence-electron chi connectivity index (χ1n) is 4.98. The van der Waals surface area contributed by atoms with Crippen LogP contribution in [0.1, 0.15) is 23.7 Å². The molecule has 0 aliphatic rings. The molecule has 1 unspecified atom stereocenters. The van der Waals surface area contributed by atoms with Gasteiger partial charge in [0.15, 0.2) is 5.78 Å². The molecule has 4 heteroatoms. The van der Waals surface area contributed by atoms with E-state index < -0.39 is 11.9 Å². The number of hydrogen-bond donors (Lipinski definition) is 0. The minimum absolute atomic E-state index is 0.207. The first kappa shape index (κ1) is 12.9. The van der Waals surface area contributed by atoms with Crippen molar-refractivity contribution in [3.63, 3.8) is 0 Å². The molecule has 3 nitrogen and oxygen atoms in total. The quantitative estimate of drug-likeness (QED) is 0.485. The minimum atomic E-state index is -0.719. The number of methoxy groups -OCH3 is 1. The fourth-order valence-corrected chi connectivity index (χ4v) is 1.93. The number of esters is 1. The summed E-state index contributed by atoms with van der Waals surface area (Å²) in [4.78, 5) is 23.5. The molecule has 0 saturated carbocycles. The van der Waals surface area contributed by atoms with Crippen LogP contribution in [0.5, 0.6) is 0 Å². The van der Waals surface area contributed by atoms with Crippen LogP contribution in [0.15, 0.2) is 28.7 Å². The maximum Gasteiger partial charge on any atom is 0.316 e. The van der Waals surface area contributed by atoms with Crippen LogP contribution in [0.2, 0.25) is 0 Å². The molecular formula is C12H13BrO3. The van der Waals surface area contributed by atoms with E-state index in [1.165, 1.54) is 7.11 Å². The lowest BCUT2D eigenvalue weighted by Crippen LogP contribution is -2.25. The highest BCUT2D eigenvalue weighted by atomic mass is 79.9. The van der Waals surface area contributed by atoms with E-state index in [1.807, 2.05) is 6.07 Å². The van der Waals surface area contributed by atoms with Crippen molar-refractivity contribution in [2.75, 3.05) is 7.11 Å². The SMILES string of the molecule is CCC(C(=O)OC)C(=O)c1ccccc1Br. The summed E-state index contributed by atoms with van der Waals surface area (Å²) in [7, 11) is 1.29. The zero-order valence-electron chi connectivity index (χ0n) is 9.20. The normalized spacial score (nSPS) is 11.9. The summed E-state index contributed by atoms with van der Waals surface area (Å²) in [5.74, 6) is -1.41. The molecular weight excluding hydrogens is 272 g/mol. The third kappa shape index (κ3) is 2.70. The highest BCUT2D eigenvalue weighted by molar-refractivity contribution is 9.10.